The molecule has 3 aromatic rings. The Kier molecular flexibility index (Phi) is 6.42. The number of carbonyl (C=O) groups excluding carboxylic acids is 1. The average molecular weight is 447 g/mol. The fraction of sp³-hybridized carbons (Fsp3) is 0.333. The maximum atomic E-state index is 14.7. The van der Waals surface area contributed by atoms with Gasteiger partial charge in [-0.1, -0.05) is 0 Å². The van der Waals surface area contributed by atoms with Crippen LogP contribution in [-0.2, 0) is 4.84 Å². The van der Waals surface area contributed by atoms with Crippen LogP contribution in [0.5, 0.6) is 0 Å². The Balaban J connectivity index is 1.74. The summed E-state index contributed by atoms with van der Waals surface area (Å²) in [6.07, 6.45) is 5.89. The van der Waals surface area contributed by atoms with Crippen LogP contribution in [0.25, 0.3) is 10.9 Å². The van der Waals surface area contributed by atoms with Crippen molar-refractivity contribution in [2.24, 2.45) is 0 Å². The molecule has 1 aliphatic rings. The van der Waals surface area contributed by atoms with Gasteiger partial charge in [0.2, 0.25) is 0 Å². The summed E-state index contributed by atoms with van der Waals surface area (Å²) in [6, 6.07) is 6.83. The van der Waals surface area contributed by atoms with Gasteiger partial charge in [-0.05, 0) is 43.4 Å². The Morgan fingerprint density at radius 2 is 2.23 bits per heavy atom. The van der Waals surface area contributed by atoms with Crippen LogP contribution in [0, 0.1) is 5.82 Å². The van der Waals surface area contributed by atoms with E-state index in [9.17, 15) is 14.3 Å². The van der Waals surface area contributed by atoms with Crippen molar-refractivity contribution in [3.8, 4) is 0 Å². The third-order valence-corrected chi connectivity index (χ3v) is 5.74. The molecular weight excluding hydrogens is 423 g/mol. The van der Waals surface area contributed by atoms with Crippen molar-refractivity contribution < 1.29 is 24.2 Å². The number of aliphatic hydroxyl groups is 2. The second-order valence-corrected chi connectivity index (χ2v) is 8.15. The predicted octanol–water partition coefficient (Wildman–Crippen LogP) is 2.99. The van der Waals surface area contributed by atoms with Crippen molar-refractivity contribution in [2.75, 3.05) is 24.8 Å². The van der Waals surface area contributed by atoms with Crippen molar-refractivity contribution in [3.05, 3.63) is 48.2 Å². The van der Waals surface area contributed by atoms with E-state index in [4.69, 9.17) is 9.94 Å². The van der Waals surface area contributed by atoms with Gasteiger partial charge in [-0.25, -0.2) is 9.87 Å². The maximum Gasteiger partial charge on any atom is 0.293 e. The lowest BCUT2D eigenvalue weighted by Gasteiger charge is -2.14. The number of halogens is 1. The van der Waals surface area contributed by atoms with E-state index in [1.807, 2.05) is 16.9 Å². The molecule has 0 radical (unpaired) electrons. The van der Waals surface area contributed by atoms with Gasteiger partial charge in [-0.2, -0.15) is 0 Å². The first-order valence-corrected chi connectivity index (χ1v) is 11.1. The third kappa shape index (κ3) is 4.52. The van der Waals surface area contributed by atoms with Gasteiger partial charge in [-0.15, -0.1) is 11.8 Å². The van der Waals surface area contributed by atoms with Gasteiger partial charge in [0.1, 0.15) is 24.2 Å². The molecule has 1 saturated carbocycles. The second kappa shape index (κ2) is 9.23. The molecule has 1 aliphatic carbocycles. The molecule has 2 aromatic heterocycles. The Morgan fingerprint density at radius 1 is 1.42 bits per heavy atom. The number of nitrogens with zero attached hydrogens (tertiary/aromatic N) is 2. The summed E-state index contributed by atoms with van der Waals surface area (Å²) < 4.78 is 16.6. The average Bonchev–Trinajstić information content (AvgIpc) is 3.57. The fourth-order valence-corrected chi connectivity index (χ4v) is 3.81. The quantitative estimate of drug-likeness (QED) is 0.296. The first-order valence-electron chi connectivity index (χ1n) is 9.83. The Morgan fingerprint density at radius 3 is 2.90 bits per heavy atom. The Labute approximate surface area is 182 Å². The van der Waals surface area contributed by atoms with Crippen LogP contribution in [0.1, 0.15) is 29.4 Å². The minimum atomic E-state index is -1.11. The van der Waals surface area contributed by atoms with Gasteiger partial charge in [0.15, 0.2) is 0 Å². The van der Waals surface area contributed by atoms with E-state index < -0.39 is 24.4 Å². The predicted molar refractivity (Wildman–Crippen MR) is 116 cm³/mol. The number of hydroxylamine groups is 1. The lowest BCUT2D eigenvalue weighted by molar-refractivity contribution is -0.0297. The number of fused-ring (bicyclic) bond motifs is 1. The fourth-order valence-electron chi connectivity index (χ4n) is 3.38. The molecular formula is C21H23FN4O4S. The number of nitrogens with one attached hydrogen (secondary N) is 2. The number of hydrogen-bond donors (Lipinski definition) is 4. The van der Waals surface area contributed by atoms with Crippen LogP contribution in [0.4, 0.5) is 15.8 Å². The number of thioether (sulfide) groups is 1. The van der Waals surface area contributed by atoms with Gasteiger partial charge in [-0.3, -0.25) is 14.6 Å². The molecule has 2 heterocycles. The number of amides is 1. The SMILES string of the molecule is CSc1ccc(Nc2c(C(=O)NOC[C@H](O)CO)n(C3CC3)c3ccncc23)c(F)c1. The molecule has 0 saturated heterocycles. The molecule has 4 rings (SSSR count). The molecule has 10 heteroatoms. The summed E-state index contributed by atoms with van der Waals surface area (Å²) in [5, 5.41) is 22.1. The third-order valence-electron chi connectivity index (χ3n) is 5.02. The summed E-state index contributed by atoms with van der Waals surface area (Å²) in [5.74, 6) is -0.978. The Bertz CT molecular complexity index is 1100. The van der Waals surface area contributed by atoms with Crippen molar-refractivity contribution in [2.45, 2.75) is 29.9 Å². The van der Waals surface area contributed by atoms with Gasteiger partial charge in [0.05, 0.1) is 23.5 Å². The molecule has 31 heavy (non-hydrogen) atoms. The largest absolute Gasteiger partial charge is 0.394 e. The van der Waals surface area contributed by atoms with E-state index in [2.05, 4.69) is 15.8 Å². The molecule has 0 aliphatic heterocycles. The molecule has 0 spiro atoms. The van der Waals surface area contributed by atoms with E-state index >= 15 is 0 Å². The van der Waals surface area contributed by atoms with E-state index in [1.54, 1.807) is 24.5 Å². The van der Waals surface area contributed by atoms with Crippen LogP contribution in [0.15, 0.2) is 41.6 Å². The topological polar surface area (TPSA) is 109 Å². The highest BCUT2D eigenvalue weighted by molar-refractivity contribution is 7.98. The Hall–Kier alpha value is -2.66. The van der Waals surface area contributed by atoms with Gasteiger partial charge < -0.3 is 20.1 Å². The molecule has 0 unspecified atom stereocenters. The molecule has 1 fully saturated rings. The van der Waals surface area contributed by atoms with Crippen LogP contribution in [-0.4, -0.2) is 51.2 Å². The van der Waals surface area contributed by atoms with E-state index in [0.717, 1.165) is 23.3 Å². The van der Waals surface area contributed by atoms with Gasteiger partial charge in [0.25, 0.3) is 5.91 Å². The van der Waals surface area contributed by atoms with Crippen LogP contribution in [0.3, 0.4) is 0 Å². The lowest BCUT2D eigenvalue weighted by Crippen LogP contribution is -2.31. The van der Waals surface area contributed by atoms with Crippen LogP contribution in [0.2, 0.25) is 0 Å². The first kappa shape index (κ1) is 21.6. The smallest absolute Gasteiger partial charge is 0.293 e. The number of aliphatic hydroxyl groups excluding tert-OH is 2. The van der Waals surface area contributed by atoms with Gasteiger partial charge >= 0.3 is 0 Å². The number of carbonyl (C=O) groups is 1. The number of aromatic nitrogens is 2. The number of benzene rings is 1. The molecule has 0 bridgehead atoms. The monoisotopic (exact) mass is 446 g/mol. The molecule has 1 aromatic carbocycles. The normalized spacial score (nSPS) is 14.6. The number of rotatable bonds is 9. The number of pyridine rings is 1. The number of anilines is 2. The maximum absolute atomic E-state index is 14.7. The zero-order valence-electron chi connectivity index (χ0n) is 16.8. The summed E-state index contributed by atoms with van der Waals surface area (Å²) in [4.78, 5) is 23.1. The molecule has 4 N–H and O–H groups in total. The highest BCUT2D eigenvalue weighted by atomic mass is 32.2. The summed E-state index contributed by atoms with van der Waals surface area (Å²) in [7, 11) is 0. The van der Waals surface area contributed by atoms with E-state index in [-0.39, 0.29) is 24.0 Å². The van der Waals surface area contributed by atoms with Crippen molar-refractivity contribution >= 4 is 39.9 Å². The van der Waals surface area contributed by atoms with Crippen LogP contribution >= 0.6 is 11.8 Å². The van der Waals surface area contributed by atoms with E-state index in [1.165, 1.54) is 17.8 Å². The zero-order valence-corrected chi connectivity index (χ0v) is 17.7. The van der Waals surface area contributed by atoms with Crippen molar-refractivity contribution in [3.63, 3.8) is 0 Å². The first-order chi connectivity index (χ1) is 15.0. The van der Waals surface area contributed by atoms with Crippen LogP contribution < -0.4 is 10.8 Å². The minimum Gasteiger partial charge on any atom is -0.394 e. The molecule has 8 nitrogen and oxygen atoms in total. The van der Waals surface area contributed by atoms with Crippen molar-refractivity contribution in [1.29, 1.82) is 0 Å². The van der Waals surface area contributed by atoms with Crippen molar-refractivity contribution in [1.82, 2.24) is 15.0 Å². The summed E-state index contributed by atoms with van der Waals surface area (Å²) in [6.45, 7) is -0.747. The lowest BCUT2D eigenvalue weighted by atomic mass is 10.2. The highest BCUT2D eigenvalue weighted by Gasteiger charge is 2.33. The standard InChI is InChI=1S/C21H23FN4O4S/c1-31-14-4-5-17(16(22)8-14)24-19-15-9-23-7-6-18(15)26(12-2-3-12)20(19)21(29)25-30-11-13(28)10-27/h4-9,12-13,24,27-28H,2-3,10-11H2,1H3,(H,25,29)/t13-/m1/s1. The summed E-state index contributed by atoms with van der Waals surface area (Å²) >= 11 is 1.44. The molecule has 1 amide bonds. The molecule has 1 atom stereocenters. The second-order valence-electron chi connectivity index (χ2n) is 7.27. The minimum absolute atomic E-state index is 0.146. The highest BCUT2D eigenvalue weighted by Crippen LogP contribution is 2.44. The zero-order chi connectivity index (χ0) is 22.0. The van der Waals surface area contributed by atoms with Gasteiger partial charge in [0, 0.05) is 28.7 Å². The summed E-state index contributed by atoms with van der Waals surface area (Å²) in [5.41, 5.74) is 4.08. The molecule has 164 valence electrons. The van der Waals surface area contributed by atoms with E-state index in [0.29, 0.717) is 11.1 Å². The number of hydrogen-bond acceptors (Lipinski definition) is 7.